The van der Waals surface area contributed by atoms with Gasteiger partial charge in [0.05, 0.1) is 15.5 Å². The first kappa shape index (κ1) is 19.2. The topological polar surface area (TPSA) is 58.2 Å². The van der Waals surface area contributed by atoms with Crippen LogP contribution in [0.3, 0.4) is 0 Å². The van der Waals surface area contributed by atoms with Gasteiger partial charge in [0.25, 0.3) is 0 Å². The van der Waals surface area contributed by atoms with Crippen LogP contribution >= 0.6 is 15.9 Å². The smallest absolute Gasteiger partial charge is 0.208 e. The number of hydrogen-bond donors (Lipinski definition) is 2. The van der Waals surface area contributed by atoms with Crippen LogP contribution in [-0.2, 0) is 9.84 Å². The van der Waals surface area contributed by atoms with Crippen LogP contribution in [0.4, 0.5) is 11.4 Å². The van der Waals surface area contributed by atoms with Crippen molar-refractivity contribution in [3.8, 4) is 0 Å². The molecule has 4 nitrogen and oxygen atoms in total. The summed E-state index contributed by atoms with van der Waals surface area (Å²) in [5.74, 6) is 0.489. The second-order valence-corrected chi connectivity index (χ2v) is 8.83. The molecule has 0 atom stereocenters. The summed E-state index contributed by atoms with van der Waals surface area (Å²) in [7, 11) is -3.67. The third-order valence-electron chi connectivity index (χ3n) is 4.02. The molecular weight excluding hydrogens is 424 g/mol. The average Bonchev–Trinajstić information content (AvgIpc) is 2.64. The molecule has 0 aliphatic heterocycles. The molecule has 0 aliphatic rings. The highest BCUT2D eigenvalue weighted by atomic mass is 79.9. The maximum absolute atomic E-state index is 13.1. The highest BCUT2D eigenvalue weighted by Crippen LogP contribution is 2.29. The highest BCUT2D eigenvalue weighted by molar-refractivity contribution is 9.10. The van der Waals surface area contributed by atoms with E-state index in [-0.39, 0.29) is 9.79 Å². The molecular formula is C21H19BrN2O2S. The van der Waals surface area contributed by atoms with Gasteiger partial charge in [-0.1, -0.05) is 52.8 Å². The number of rotatable bonds is 6. The fourth-order valence-electron chi connectivity index (χ4n) is 2.61. The summed E-state index contributed by atoms with van der Waals surface area (Å²) < 4.78 is 26.9. The molecule has 0 aliphatic carbocycles. The summed E-state index contributed by atoms with van der Waals surface area (Å²) in [4.78, 5) is 0.428. The Morgan fingerprint density at radius 3 is 2.07 bits per heavy atom. The molecule has 0 bridgehead atoms. The minimum absolute atomic E-state index is 0.194. The average molecular weight is 443 g/mol. The van der Waals surface area contributed by atoms with E-state index in [9.17, 15) is 8.42 Å². The second-order valence-electron chi connectivity index (χ2n) is 6.00. The molecule has 6 heteroatoms. The Hall–Kier alpha value is -2.57. The number of halogens is 1. The first-order valence-electron chi connectivity index (χ1n) is 8.26. The quantitative estimate of drug-likeness (QED) is 0.522. The minimum Gasteiger partial charge on any atom is -0.342 e. The molecule has 3 aromatic carbocycles. The van der Waals surface area contributed by atoms with Crippen molar-refractivity contribution in [2.75, 3.05) is 10.6 Å². The summed E-state index contributed by atoms with van der Waals surface area (Å²) in [5.41, 5.74) is 2.44. The maximum atomic E-state index is 13.1. The fourth-order valence-corrected chi connectivity index (χ4v) is 4.29. The van der Waals surface area contributed by atoms with Crippen LogP contribution in [0.2, 0.25) is 0 Å². The number of benzene rings is 3. The third kappa shape index (κ3) is 4.40. The molecule has 2 N–H and O–H groups in total. The van der Waals surface area contributed by atoms with E-state index >= 15 is 0 Å². The Balaban J connectivity index is 1.89. The molecule has 0 saturated carbocycles. The number of anilines is 2. The van der Waals surface area contributed by atoms with Crippen molar-refractivity contribution in [3.05, 3.63) is 95.2 Å². The van der Waals surface area contributed by atoms with Crippen molar-refractivity contribution >= 4 is 37.1 Å². The number of hydrogen-bond acceptors (Lipinski definition) is 4. The Bertz CT molecular complexity index is 1080. The number of aryl methyl sites for hydroxylation is 1. The maximum Gasteiger partial charge on any atom is 0.208 e. The van der Waals surface area contributed by atoms with E-state index < -0.39 is 9.84 Å². The van der Waals surface area contributed by atoms with Crippen molar-refractivity contribution in [2.45, 2.75) is 16.7 Å². The zero-order valence-electron chi connectivity index (χ0n) is 14.7. The van der Waals surface area contributed by atoms with Crippen molar-refractivity contribution < 1.29 is 8.42 Å². The molecule has 0 saturated heterocycles. The molecule has 0 spiro atoms. The van der Waals surface area contributed by atoms with Gasteiger partial charge in [-0.3, -0.25) is 0 Å². The first-order valence-corrected chi connectivity index (χ1v) is 10.5. The van der Waals surface area contributed by atoms with E-state index in [2.05, 4.69) is 33.1 Å². The standard InChI is InChI=1S/C21H19BrN2O2S/c1-15-7-3-4-8-19(15)23-16(2)24-20-9-5-6-10-21(20)27(25,26)18-13-11-17(22)12-14-18/h3-14,23-24H,2H2,1H3. The van der Waals surface area contributed by atoms with Gasteiger partial charge in [0.2, 0.25) is 9.84 Å². The SMILES string of the molecule is C=C(Nc1ccccc1C)Nc1ccccc1S(=O)(=O)c1ccc(Br)cc1. The van der Waals surface area contributed by atoms with Gasteiger partial charge in [-0.25, -0.2) is 8.42 Å². The summed E-state index contributed by atoms with van der Waals surface area (Å²) >= 11 is 3.33. The third-order valence-corrected chi connectivity index (χ3v) is 6.37. The summed E-state index contributed by atoms with van der Waals surface area (Å²) in [5, 5.41) is 6.26. The lowest BCUT2D eigenvalue weighted by atomic mass is 10.2. The van der Waals surface area contributed by atoms with Gasteiger partial charge in [-0.05, 0) is 55.0 Å². The Kier molecular flexibility index (Phi) is 5.68. The molecule has 0 aromatic heterocycles. The van der Waals surface area contributed by atoms with Gasteiger partial charge >= 0.3 is 0 Å². The summed E-state index contributed by atoms with van der Waals surface area (Å²) in [6.07, 6.45) is 0. The van der Waals surface area contributed by atoms with Crippen molar-refractivity contribution in [1.29, 1.82) is 0 Å². The van der Waals surface area contributed by atoms with Crippen molar-refractivity contribution in [2.24, 2.45) is 0 Å². The predicted octanol–water partition coefficient (Wildman–Crippen LogP) is 5.59. The largest absolute Gasteiger partial charge is 0.342 e. The molecule has 3 rings (SSSR count). The molecule has 0 fully saturated rings. The molecule has 3 aromatic rings. The second kappa shape index (κ2) is 7.98. The van der Waals surface area contributed by atoms with E-state index in [1.165, 1.54) is 0 Å². The molecule has 0 amide bonds. The highest BCUT2D eigenvalue weighted by Gasteiger charge is 2.21. The zero-order chi connectivity index (χ0) is 19.4. The number of nitrogens with one attached hydrogen (secondary N) is 2. The van der Waals surface area contributed by atoms with Crippen LogP contribution in [0.5, 0.6) is 0 Å². The van der Waals surface area contributed by atoms with Crippen molar-refractivity contribution in [3.63, 3.8) is 0 Å². The lowest BCUT2D eigenvalue weighted by molar-refractivity contribution is 0.596. The van der Waals surface area contributed by atoms with E-state index in [0.29, 0.717) is 11.5 Å². The number of para-hydroxylation sites is 2. The van der Waals surface area contributed by atoms with Crippen LogP contribution in [-0.4, -0.2) is 8.42 Å². The van der Waals surface area contributed by atoms with E-state index in [1.807, 2.05) is 31.2 Å². The van der Waals surface area contributed by atoms with Gasteiger partial charge in [-0.15, -0.1) is 0 Å². The lowest BCUT2D eigenvalue weighted by Crippen LogP contribution is -2.12. The van der Waals surface area contributed by atoms with Gasteiger partial charge in [0.15, 0.2) is 0 Å². The first-order chi connectivity index (χ1) is 12.9. The lowest BCUT2D eigenvalue weighted by Gasteiger charge is -2.16. The predicted molar refractivity (Wildman–Crippen MR) is 114 cm³/mol. The molecule has 138 valence electrons. The van der Waals surface area contributed by atoms with E-state index in [4.69, 9.17) is 0 Å². The van der Waals surface area contributed by atoms with Crippen LogP contribution < -0.4 is 10.6 Å². The summed E-state index contributed by atoms with van der Waals surface area (Å²) in [6, 6.07) is 21.2. The fraction of sp³-hybridized carbons (Fsp3) is 0.0476. The monoisotopic (exact) mass is 442 g/mol. The van der Waals surface area contributed by atoms with Gasteiger partial charge in [0.1, 0.15) is 5.82 Å². The van der Waals surface area contributed by atoms with Crippen LogP contribution in [0.25, 0.3) is 0 Å². The Morgan fingerprint density at radius 1 is 0.852 bits per heavy atom. The Labute approximate surface area is 168 Å². The van der Waals surface area contributed by atoms with Crippen LogP contribution in [0.15, 0.2) is 99.5 Å². The van der Waals surface area contributed by atoms with E-state index in [1.54, 1.807) is 48.5 Å². The van der Waals surface area contributed by atoms with Gasteiger partial charge < -0.3 is 10.6 Å². The molecule has 27 heavy (non-hydrogen) atoms. The van der Waals surface area contributed by atoms with Crippen LogP contribution in [0.1, 0.15) is 5.56 Å². The Morgan fingerprint density at radius 2 is 1.41 bits per heavy atom. The van der Waals surface area contributed by atoms with Crippen molar-refractivity contribution in [1.82, 2.24) is 0 Å². The van der Waals surface area contributed by atoms with Crippen LogP contribution in [0, 0.1) is 6.92 Å². The molecule has 0 heterocycles. The van der Waals surface area contributed by atoms with E-state index in [0.717, 1.165) is 15.7 Å². The number of sulfone groups is 1. The van der Waals surface area contributed by atoms with Gasteiger partial charge in [0, 0.05) is 10.2 Å². The normalized spacial score (nSPS) is 11.0. The molecule has 0 radical (unpaired) electrons. The zero-order valence-corrected chi connectivity index (χ0v) is 17.1. The van der Waals surface area contributed by atoms with Gasteiger partial charge in [-0.2, -0.15) is 0 Å². The molecule has 0 unspecified atom stereocenters. The summed E-state index contributed by atoms with van der Waals surface area (Å²) in [6.45, 7) is 5.96. The minimum atomic E-state index is -3.67.